The third kappa shape index (κ3) is 7.96. The Kier molecular flexibility index (Phi) is 5.03. The fourth-order valence-electron chi connectivity index (χ4n) is 1.16. The third-order valence-electron chi connectivity index (χ3n) is 1.60. The normalized spacial score (nSPS) is 16.2. The van der Waals surface area contributed by atoms with Crippen LogP contribution in [0.2, 0.25) is 0 Å². The van der Waals surface area contributed by atoms with E-state index in [0.29, 0.717) is 0 Å². The Labute approximate surface area is 82.3 Å². The SMILES string of the molecule is CC(CC(=O)O)CC(O)CS(=O)(=O)O. The van der Waals surface area contributed by atoms with Crippen LogP contribution in [0, 0.1) is 5.92 Å². The van der Waals surface area contributed by atoms with E-state index in [0.717, 1.165) is 0 Å². The van der Waals surface area contributed by atoms with Crippen molar-refractivity contribution in [1.82, 2.24) is 0 Å². The molecule has 0 aromatic heterocycles. The van der Waals surface area contributed by atoms with Crippen LogP contribution in [-0.4, -0.2) is 41.0 Å². The fourth-order valence-corrected chi connectivity index (χ4v) is 1.78. The quantitative estimate of drug-likeness (QED) is 0.538. The third-order valence-corrected chi connectivity index (χ3v) is 2.41. The monoisotopic (exact) mass is 226 g/mol. The molecule has 0 aliphatic heterocycles. The van der Waals surface area contributed by atoms with E-state index in [9.17, 15) is 13.2 Å². The Bertz CT molecular complexity index is 283. The first-order valence-corrected chi connectivity index (χ1v) is 5.66. The Morgan fingerprint density at radius 1 is 1.43 bits per heavy atom. The number of hydrogen-bond donors (Lipinski definition) is 3. The highest BCUT2D eigenvalue weighted by atomic mass is 32.2. The van der Waals surface area contributed by atoms with E-state index < -0.39 is 27.9 Å². The molecular weight excluding hydrogens is 212 g/mol. The maximum atomic E-state index is 10.3. The molecule has 0 rings (SSSR count). The summed E-state index contributed by atoms with van der Waals surface area (Å²) >= 11 is 0. The molecule has 0 bridgehead atoms. The molecule has 0 heterocycles. The summed E-state index contributed by atoms with van der Waals surface area (Å²) in [6.45, 7) is 1.58. The number of aliphatic hydroxyl groups is 1. The van der Waals surface area contributed by atoms with Gasteiger partial charge in [-0.2, -0.15) is 8.42 Å². The van der Waals surface area contributed by atoms with Crippen LogP contribution in [-0.2, 0) is 14.9 Å². The minimum absolute atomic E-state index is 0.0338. The van der Waals surface area contributed by atoms with Gasteiger partial charge in [-0.25, -0.2) is 0 Å². The molecule has 0 spiro atoms. The predicted octanol–water partition coefficient (Wildman–Crippen LogP) is -0.264. The second-order valence-corrected chi connectivity index (χ2v) is 4.84. The molecule has 2 unspecified atom stereocenters. The van der Waals surface area contributed by atoms with Crippen LogP contribution in [0.5, 0.6) is 0 Å². The van der Waals surface area contributed by atoms with Crippen LogP contribution >= 0.6 is 0 Å². The van der Waals surface area contributed by atoms with Crippen LogP contribution in [0.3, 0.4) is 0 Å². The molecule has 0 aromatic rings. The number of carbonyl (C=O) groups is 1. The van der Waals surface area contributed by atoms with Gasteiger partial charge in [0, 0.05) is 6.42 Å². The van der Waals surface area contributed by atoms with Crippen molar-refractivity contribution in [3.63, 3.8) is 0 Å². The van der Waals surface area contributed by atoms with Crippen molar-refractivity contribution in [2.75, 3.05) is 5.75 Å². The van der Waals surface area contributed by atoms with Crippen LogP contribution in [0.25, 0.3) is 0 Å². The Hall–Kier alpha value is -0.660. The first-order chi connectivity index (χ1) is 6.20. The lowest BCUT2D eigenvalue weighted by Crippen LogP contribution is -2.23. The molecule has 84 valence electrons. The molecule has 0 saturated heterocycles. The summed E-state index contributed by atoms with van der Waals surface area (Å²) in [6.07, 6.45) is -1.33. The molecule has 0 aliphatic carbocycles. The van der Waals surface area contributed by atoms with Gasteiger partial charge in [0.15, 0.2) is 0 Å². The molecule has 2 atom stereocenters. The van der Waals surface area contributed by atoms with E-state index in [1.807, 2.05) is 0 Å². The molecule has 0 saturated carbocycles. The van der Waals surface area contributed by atoms with Gasteiger partial charge in [0.1, 0.15) is 5.75 Å². The van der Waals surface area contributed by atoms with Crippen LogP contribution in [0.15, 0.2) is 0 Å². The van der Waals surface area contributed by atoms with Gasteiger partial charge in [-0.05, 0) is 12.3 Å². The Morgan fingerprint density at radius 2 is 1.93 bits per heavy atom. The highest BCUT2D eigenvalue weighted by Gasteiger charge is 2.18. The number of rotatable bonds is 6. The maximum absolute atomic E-state index is 10.3. The molecule has 14 heavy (non-hydrogen) atoms. The van der Waals surface area contributed by atoms with Crippen molar-refractivity contribution >= 4 is 16.1 Å². The largest absolute Gasteiger partial charge is 0.481 e. The zero-order valence-electron chi connectivity index (χ0n) is 7.75. The molecular formula is C7H14O6S. The number of hydrogen-bond acceptors (Lipinski definition) is 4. The van der Waals surface area contributed by atoms with E-state index >= 15 is 0 Å². The van der Waals surface area contributed by atoms with Gasteiger partial charge in [-0.15, -0.1) is 0 Å². The lowest BCUT2D eigenvalue weighted by atomic mass is 10.0. The highest BCUT2D eigenvalue weighted by Crippen LogP contribution is 2.11. The minimum atomic E-state index is -4.19. The van der Waals surface area contributed by atoms with Gasteiger partial charge >= 0.3 is 5.97 Å². The summed E-state index contributed by atoms with van der Waals surface area (Å²) < 4.78 is 29.0. The van der Waals surface area contributed by atoms with E-state index in [1.165, 1.54) is 0 Å². The minimum Gasteiger partial charge on any atom is -0.481 e. The van der Waals surface area contributed by atoms with E-state index in [2.05, 4.69) is 0 Å². The van der Waals surface area contributed by atoms with Crippen molar-refractivity contribution in [2.24, 2.45) is 5.92 Å². The predicted molar refractivity (Wildman–Crippen MR) is 48.5 cm³/mol. The molecule has 3 N–H and O–H groups in total. The lowest BCUT2D eigenvalue weighted by Gasteiger charge is -2.12. The average Bonchev–Trinajstić information content (AvgIpc) is 1.77. The molecule has 0 fully saturated rings. The molecule has 7 heteroatoms. The van der Waals surface area contributed by atoms with E-state index in [1.54, 1.807) is 6.92 Å². The van der Waals surface area contributed by atoms with Crippen molar-refractivity contribution in [1.29, 1.82) is 0 Å². The number of aliphatic hydroxyl groups excluding tert-OH is 1. The van der Waals surface area contributed by atoms with Gasteiger partial charge in [0.2, 0.25) is 0 Å². The van der Waals surface area contributed by atoms with Crippen molar-refractivity contribution in [3.05, 3.63) is 0 Å². The van der Waals surface area contributed by atoms with Gasteiger partial charge in [0.25, 0.3) is 10.1 Å². The summed E-state index contributed by atoms with van der Waals surface area (Å²) in [4.78, 5) is 10.2. The highest BCUT2D eigenvalue weighted by molar-refractivity contribution is 7.85. The topological polar surface area (TPSA) is 112 Å². The van der Waals surface area contributed by atoms with Gasteiger partial charge in [-0.1, -0.05) is 6.92 Å². The van der Waals surface area contributed by atoms with E-state index in [4.69, 9.17) is 14.8 Å². The second-order valence-electron chi connectivity index (χ2n) is 3.34. The first kappa shape index (κ1) is 13.3. The van der Waals surface area contributed by atoms with Crippen LogP contribution < -0.4 is 0 Å². The van der Waals surface area contributed by atoms with Gasteiger partial charge in [0.05, 0.1) is 6.10 Å². The summed E-state index contributed by atoms with van der Waals surface area (Å²) in [5.41, 5.74) is 0. The number of carboxylic acids is 1. The smallest absolute Gasteiger partial charge is 0.303 e. The molecule has 0 radical (unpaired) electrons. The second kappa shape index (κ2) is 5.28. The molecule has 0 aromatic carbocycles. The zero-order valence-corrected chi connectivity index (χ0v) is 8.57. The standard InChI is InChI=1S/C7H14O6S/c1-5(3-7(9)10)2-6(8)4-14(11,12)13/h5-6,8H,2-4H2,1H3,(H,9,10)(H,11,12,13). The summed E-state index contributed by atoms with van der Waals surface area (Å²) in [5, 5.41) is 17.5. The van der Waals surface area contributed by atoms with Crippen LogP contribution in [0.1, 0.15) is 19.8 Å². The lowest BCUT2D eigenvalue weighted by molar-refractivity contribution is -0.138. The Morgan fingerprint density at radius 3 is 2.29 bits per heavy atom. The van der Waals surface area contributed by atoms with Gasteiger partial charge < -0.3 is 10.2 Å². The molecule has 6 nitrogen and oxygen atoms in total. The number of aliphatic carboxylic acids is 1. The maximum Gasteiger partial charge on any atom is 0.303 e. The first-order valence-electron chi connectivity index (χ1n) is 4.05. The van der Waals surface area contributed by atoms with Crippen LogP contribution in [0.4, 0.5) is 0 Å². The summed E-state index contributed by atoms with van der Waals surface area (Å²) in [6, 6.07) is 0. The molecule has 0 aliphatic rings. The Balaban J connectivity index is 3.94. The average molecular weight is 226 g/mol. The molecule has 0 amide bonds. The van der Waals surface area contributed by atoms with Crippen molar-refractivity contribution in [3.8, 4) is 0 Å². The van der Waals surface area contributed by atoms with Gasteiger partial charge in [-0.3, -0.25) is 9.35 Å². The summed E-state index contributed by atoms with van der Waals surface area (Å²) in [5.74, 6) is -2.09. The fraction of sp³-hybridized carbons (Fsp3) is 0.857. The number of carboxylic acid groups (broad SMARTS) is 1. The van der Waals surface area contributed by atoms with Crippen molar-refractivity contribution < 1.29 is 28.0 Å². The van der Waals surface area contributed by atoms with Crippen molar-refractivity contribution in [2.45, 2.75) is 25.9 Å². The zero-order chi connectivity index (χ0) is 11.4. The van der Waals surface area contributed by atoms with E-state index in [-0.39, 0.29) is 18.8 Å². The summed E-state index contributed by atoms with van der Waals surface area (Å²) in [7, 11) is -4.19.